The summed E-state index contributed by atoms with van der Waals surface area (Å²) in [6.07, 6.45) is -4.30. The minimum atomic E-state index is -4.30. The van der Waals surface area contributed by atoms with E-state index in [4.69, 9.17) is 11.6 Å². The van der Waals surface area contributed by atoms with Gasteiger partial charge in [-0.2, -0.15) is 13.2 Å². The molecule has 0 aromatic heterocycles. The molecule has 1 aromatic carbocycles. The molecule has 0 saturated carbocycles. The van der Waals surface area contributed by atoms with Crippen molar-refractivity contribution in [2.24, 2.45) is 0 Å². The van der Waals surface area contributed by atoms with Gasteiger partial charge in [0, 0.05) is 11.4 Å². The van der Waals surface area contributed by atoms with Gasteiger partial charge in [-0.1, -0.05) is 6.58 Å². The van der Waals surface area contributed by atoms with Crippen LogP contribution in [-0.4, -0.2) is 5.88 Å². The fourth-order valence-corrected chi connectivity index (χ4v) is 1.05. The van der Waals surface area contributed by atoms with Crippen molar-refractivity contribution < 1.29 is 13.2 Å². The van der Waals surface area contributed by atoms with E-state index >= 15 is 0 Å². The lowest BCUT2D eigenvalue weighted by Gasteiger charge is -2.09. The van der Waals surface area contributed by atoms with Gasteiger partial charge in [-0.05, 0) is 24.3 Å². The van der Waals surface area contributed by atoms with E-state index in [-0.39, 0.29) is 5.88 Å². The van der Waals surface area contributed by atoms with E-state index in [9.17, 15) is 13.2 Å². The second-order valence-corrected chi connectivity index (χ2v) is 3.20. The third-order valence-electron chi connectivity index (χ3n) is 1.69. The lowest BCUT2D eigenvalue weighted by molar-refractivity contribution is -0.137. The normalized spacial score (nSPS) is 11.2. The lowest BCUT2D eigenvalue weighted by Crippen LogP contribution is -2.05. The van der Waals surface area contributed by atoms with Crippen LogP contribution in [0, 0.1) is 0 Å². The van der Waals surface area contributed by atoms with Gasteiger partial charge in [-0.3, -0.25) is 0 Å². The summed E-state index contributed by atoms with van der Waals surface area (Å²) in [7, 11) is 0. The summed E-state index contributed by atoms with van der Waals surface area (Å²) in [5.74, 6) is 0.209. The van der Waals surface area contributed by atoms with Crippen molar-refractivity contribution in [3.05, 3.63) is 42.1 Å². The summed E-state index contributed by atoms with van der Waals surface area (Å²) in [5, 5.41) is 2.78. The van der Waals surface area contributed by atoms with Crippen LogP contribution < -0.4 is 5.32 Å². The van der Waals surface area contributed by atoms with Crippen LogP contribution in [0.3, 0.4) is 0 Å². The Morgan fingerprint density at radius 3 is 2.20 bits per heavy atom. The van der Waals surface area contributed by atoms with E-state index in [1.54, 1.807) is 0 Å². The molecule has 0 bridgehead atoms. The van der Waals surface area contributed by atoms with Crippen LogP contribution in [0.2, 0.25) is 0 Å². The second kappa shape index (κ2) is 4.57. The third kappa shape index (κ3) is 3.47. The number of nitrogens with one attached hydrogen (secondary N) is 1. The van der Waals surface area contributed by atoms with E-state index in [0.29, 0.717) is 11.4 Å². The third-order valence-corrected chi connectivity index (χ3v) is 2.02. The molecule has 0 unspecified atom stereocenters. The highest BCUT2D eigenvalue weighted by molar-refractivity contribution is 6.19. The number of allylic oxidation sites excluding steroid dienone is 1. The largest absolute Gasteiger partial charge is 0.416 e. The standard InChI is InChI=1S/C10H9ClF3N/c1-7(6-11)15-9-4-2-8(3-5-9)10(12,13)14/h2-5,15H,1,6H2. The molecule has 82 valence electrons. The Balaban J connectivity index is 2.77. The summed E-state index contributed by atoms with van der Waals surface area (Å²) in [6, 6.07) is 4.68. The quantitative estimate of drug-likeness (QED) is 0.785. The zero-order valence-corrected chi connectivity index (χ0v) is 8.49. The average Bonchev–Trinajstić information content (AvgIpc) is 2.17. The van der Waals surface area contributed by atoms with Crippen LogP contribution in [-0.2, 0) is 6.18 Å². The number of alkyl halides is 4. The molecule has 0 fully saturated rings. The Bertz CT molecular complexity index is 343. The molecule has 0 heterocycles. The number of benzene rings is 1. The molecule has 0 aliphatic carbocycles. The topological polar surface area (TPSA) is 12.0 Å². The fraction of sp³-hybridized carbons (Fsp3) is 0.200. The molecule has 0 aliphatic rings. The van der Waals surface area contributed by atoms with Gasteiger partial charge in [0.2, 0.25) is 0 Å². The maximum absolute atomic E-state index is 12.2. The average molecular weight is 236 g/mol. The summed E-state index contributed by atoms with van der Waals surface area (Å²) < 4.78 is 36.6. The summed E-state index contributed by atoms with van der Waals surface area (Å²) in [5.41, 5.74) is 0.398. The highest BCUT2D eigenvalue weighted by Gasteiger charge is 2.29. The molecule has 1 N–H and O–H groups in total. The number of halogens is 4. The smallest absolute Gasteiger partial charge is 0.358 e. The monoisotopic (exact) mass is 235 g/mol. The van der Waals surface area contributed by atoms with E-state index in [2.05, 4.69) is 11.9 Å². The Hall–Kier alpha value is -1.16. The zero-order valence-electron chi connectivity index (χ0n) is 7.74. The van der Waals surface area contributed by atoms with Crippen LogP contribution in [0.1, 0.15) is 5.56 Å². The van der Waals surface area contributed by atoms with Gasteiger partial charge in [0.25, 0.3) is 0 Å². The highest BCUT2D eigenvalue weighted by atomic mass is 35.5. The van der Waals surface area contributed by atoms with Crippen molar-refractivity contribution in [3.63, 3.8) is 0 Å². The van der Waals surface area contributed by atoms with Gasteiger partial charge < -0.3 is 5.32 Å². The molecule has 1 rings (SSSR count). The predicted molar refractivity (Wildman–Crippen MR) is 54.9 cm³/mol. The Morgan fingerprint density at radius 2 is 1.80 bits per heavy atom. The second-order valence-electron chi connectivity index (χ2n) is 2.94. The zero-order chi connectivity index (χ0) is 11.5. The number of anilines is 1. The Kier molecular flexibility index (Phi) is 3.63. The van der Waals surface area contributed by atoms with Crippen LogP contribution in [0.15, 0.2) is 36.5 Å². The van der Waals surface area contributed by atoms with E-state index in [1.165, 1.54) is 12.1 Å². The molecule has 1 aromatic rings. The van der Waals surface area contributed by atoms with Gasteiger partial charge >= 0.3 is 6.18 Å². The van der Waals surface area contributed by atoms with Crippen LogP contribution in [0.4, 0.5) is 18.9 Å². The lowest BCUT2D eigenvalue weighted by atomic mass is 10.2. The molecule has 0 amide bonds. The summed E-state index contributed by atoms with van der Waals surface area (Å²) >= 11 is 5.46. The fourth-order valence-electron chi connectivity index (χ4n) is 0.980. The minimum absolute atomic E-state index is 0.209. The first-order valence-electron chi connectivity index (χ1n) is 4.11. The first kappa shape index (κ1) is 11.9. The summed E-state index contributed by atoms with van der Waals surface area (Å²) in [4.78, 5) is 0. The first-order valence-corrected chi connectivity index (χ1v) is 4.65. The Morgan fingerprint density at radius 1 is 1.27 bits per heavy atom. The molecular weight excluding hydrogens is 227 g/mol. The summed E-state index contributed by atoms with van der Waals surface area (Å²) in [6.45, 7) is 3.57. The number of hydrogen-bond acceptors (Lipinski definition) is 1. The molecule has 0 aliphatic heterocycles. The van der Waals surface area contributed by atoms with Crippen molar-refractivity contribution in [1.82, 2.24) is 0 Å². The first-order chi connectivity index (χ1) is 6.93. The van der Waals surface area contributed by atoms with Crippen molar-refractivity contribution in [2.45, 2.75) is 6.18 Å². The van der Waals surface area contributed by atoms with E-state index in [0.717, 1.165) is 12.1 Å². The van der Waals surface area contributed by atoms with Gasteiger partial charge in [0.1, 0.15) is 0 Å². The van der Waals surface area contributed by atoms with Crippen LogP contribution >= 0.6 is 11.6 Å². The van der Waals surface area contributed by atoms with Gasteiger partial charge in [0.15, 0.2) is 0 Å². The molecular formula is C10H9ClF3N. The van der Waals surface area contributed by atoms with Crippen molar-refractivity contribution in [3.8, 4) is 0 Å². The predicted octanol–water partition coefficient (Wildman–Crippen LogP) is 3.87. The van der Waals surface area contributed by atoms with E-state index < -0.39 is 11.7 Å². The van der Waals surface area contributed by atoms with Gasteiger partial charge in [-0.15, -0.1) is 11.6 Å². The highest BCUT2D eigenvalue weighted by Crippen LogP contribution is 2.29. The molecule has 15 heavy (non-hydrogen) atoms. The minimum Gasteiger partial charge on any atom is -0.358 e. The van der Waals surface area contributed by atoms with Crippen LogP contribution in [0.25, 0.3) is 0 Å². The molecule has 5 heteroatoms. The van der Waals surface area contributed by atoms with E-state index in [1.807, 2.05) is 0 Å². The molecule has 0 spiro atoms. The van der Waals surface area contributed by atoms with Gasteiger partial charge in [0.05, 0.1) is 11.4 Å². The molecule has 1 nitrogen and oxygen atoms in total. The van der Waals surface area contributed by atoms with Crippen LogP contribution in [0.5, 0.6) is 0 Å². The maximum atomic E-state index is 12.2. The maximum Gasteiger partial charge on any atom is 0.416 e. The van der Waals surface area contributed by atoms with Crippen molar-refractivity contribution >= 4 is 17.3 Å². The van der Waals surface area contributed by atoms with Gasteiger partial charge in [-0.25, -0.2) is 0 Å². The number of hydrogen-bond donors (Lipinski definition) is 1. The molecule has 0 atom stereocenters. The van der Waals surface area contributed by atoms with Crippen molar-refractivity contribution in [2.75, 3.05) is 11.2 Å². The number of rotatable bonds is 3. The Labute approximate surface area is 90.6 Å². The molecule has 0 saturated heterocycles. The molecule has 0 radical (unpaired) electrons. The van der Waals surface area contributed by atoms with Crippen molar-refractivity contribution in [1.29, 1.82) is 0 Å². The SMILES string of the molecule is C=C(CCl)Nc1ccc(C(F)(F)F)cc1.